The van der Waals surface area contributed by atoms with E-state index in [2.05, 4.69) is 4.98 Å². The van der Waals surface area contributed by atoms with Gasteiger partial charge in [-0.05, 0) is 22.2 Å². The smallest absolute Gasteiger partial charge is 0.322 e. The minimum absolute atomic E-state index is 0.0847. The minimum atomic E-state index is -1.31. The second kappa shape index (κ2) is 7.93. The van der Waals surface area contributed by atoms with Gasteiger partial charge >= 0.3 is 5.97 Å². The van der Waals surface area contributed by atoms with Crippen LogP contribution in [-0.2, 0) is 4.79 Å². The molecule has 1 aromatic carbocycles. The largest absolute Gasteiger partial charge is 0.506 e. The molecule has 12 radical (unpaired) electrons. The molecule has 13 heteroatoms. The molecule has 1 amide bonds. The van der Waals surface area contributed by atoms with Crippen LogP contribution in [0.3, 0.4) is 0 Å². The molecule has 0 saturated carbocycles. The molecule has 28 heavy (non-hydrogen) atoms. The highest BCUT2D eigenvalue weighted by Gasteiger charge is 2.23. The number of hydrogen-bond donors (Lipinski definition) is 3. The number of rotatable bonds is 4. The fourth-order valence-electron chi connectivity index (χ4n) is 2.49. The summed E-state index contributed by atoms with van der Waals surface area (Å²) < 4.78 is 0. The molecule has 0 unspecified atom stereocenters. The third kappa shape index (κ3) is 3.55. The highest BCUT2D eigenvalue weighted by molar-refractivity contribution is 6.63. The van der Waals surface area contributed by atoms with Crippen molar-refractivity contribution >= 4 is 91.9 Å². The molecule has 2 rings (SSSR count). The van der Waals surface area contributed by atoms with Gasteiger partial charge in [-0.3, -0.25) is 14.6 Å². The highest BCUT2D eigenvalue weighted by Crippen LogP contribution is 2.17. The van der Waals surface area contributed by atoms with Crippen LogP contribution in [0.1, 0.15) is 16.1 Å². The van der Waals surface area contributed by atoms with Crippen molar-refractivity contribution in [2.75, 3.05) is 6.54 Å². The summed E-state index contributed by atoms with van der Waals surface area (Å²) in [6.07, 6.45) is 0. The van der Waals surface area contributed by atoms with Gasteiger partial charge in [-0.2, -0.15) is 5.26 Å². The summed E-state index contributed by atoms with van der Waals surface area (Å²) in [5.41, 5.74) is -2.48. The third-order valence-electron chi connectivity index (χ3n) is 3.87. The number of nitrogens with one attached hydrogen (secondary N) is 1. The van der Waals surface area contributed by atoms with E-state index in [4.69, 9.17) is 52.2 Å². The van der Waals surface area contributed by atoms with Crippen molar-refractivity contribution in [3.63, 3.8) is 0 Å². The first-order valence-electron chi connectivity index (χ1n) is 7.47. The minimum Gasteiger partial charge on any atom is -0.506 e. The molecule has 0 aliphatic rings. The Morgan fingerprint density at radius 3 is 2.11 bits per heavy atom. The molecular weight excluding hydrogens is 351 g/mol. The predicted octanol–water partition coefficient (Wildman–Crippen LogP) is -6.10. The van der Waals surface area contributed by atoms with Gasteiger partial charge in [-0.15, -0.1) is 5.46 Å². The number of pyridine rings is 1. The fraction of sp³-hybridized carbons (Fsp3) is 0.0667. The Kier molecular flexibility index (Phi) is 6.03. The number of aromatic hydroxyl groups is 1. The van der Waals surface area contributed by atoms with Crippen molar-refractivity contribution < 1.29 is 19.8 Å². The van der Waals surface area contributed by atoms with Crippen LogP contribution in [0.15, 0.2) is 0 Å². The summed E-state index contributed by atoms with van der Waals surface area (Å²) in [5, 5.41) is 30.2. The Morgan fingerprint density at radius 1 is 0.964 bits per heavy atom. The van der Waals surface area contributed by atoms with E-state index >= 15 is 0 Å². The summed E-state index contributed by atoms with van der Waals surface area (Å²) in [5.74, 6) is -3.13. The van der Waals surface area contributed by atoms with Crippen molar-refractivity contribution in [2.45, 2.75) is 0 Å². The number of nitriles is 1. The Bertz CT molecular complexity index is 1070. The molecule has 3 N–H and O–H groups in total. The molecule has 0 fully saturated rings. The van der Waals surface area contributed by atoms with Crippen LogP contribution in [-0.4, -0.2) is 80.7 Å². The maximum atomic E-state index is 12.0. The number of benzene rings is 1. The highest BCUT2D eigenvalue weighted by atomic mass is 16.4. The van der Waals surface area contributed by atoms with Crippen molar-refractivity contribution in [1.29, 1.82) is 5.26 Å². The van der Waals surface area contributed by atoms with Crippen LogP contribution in [0.4, 0.5) is 0 Å². The number of carboxylic acids is 1. The molecule has 122 valence electrons. The molecule has 0 aliphatic carbocycles. The SMILES string of the molecule is [B]c1nc(C(=O)NCC(=O)O)c(O)c([B])c1-c1c([B])c([B])c([B])c(C#N)c1[B]. The first-order chi connectivity index (χ1) is 13.0. The van der Waals surface area contributed by atoms with Gasteiger partial charge in [-0.1, -0.05) is 16.4 Å². The molecule has 0 bridgehead atoms. The van der Waals surface area contributed by atoms with E-state index in [-0.39, 0.29) is 44.1 Å². The van der Waals surface area contributed by atoms with Crippen molar-refractivity contribution in [3.05, 3.63) is 11.3 Å². The number of carbonyl (C=O) groups is 2. The number of carbonyl (C=O) groups excluding carboxylic acids is 1. The van der Waals surface area contributed by atoms with Gasteiger partial charge in [0.15, 0.2) is 5.69 Å². The van der Waals surface area contributed by atoms with E-state index in [1.165, 1.54) is 0 Å². The zero-order valence-corrected chi connectivity index (χ0v) is 14.3. The summed E-state index contributed by atoms with van der Waals surface area (Å²) in [6, 6.07) is 1.78. The van der Waals surface area contributed by atoms with Gasteiger partial charge in [0.1, 0.15) is 59.4 Å². The van der Waals surface area contributed by atoms with Crippen LogP contribution >= 0.6 is 0 Å². The van der Waals surface area contributed by atoms with Gasteiger partial charge in [0, 0.05) is 5.56 Å². The average Bonchev–Trinajstić information content (AvgIpc) is 2.64. The average molecular weight is 356 g/mol. The summed E-state index contributed by atoms with van der Waals surface area (Å²) in [6.45, 7) is -0.721. The molecule has 0 aliphatic heterocycles. The van der Waals surface area contributed by atoms with Crippen molar-refractivity contribution in [2.24, 2.45) is 0 Å². The lowest BCUT2D eigenvalue weighted by Crippen LogP contribution is -2.48. The summed E-state index contributed by atoms with van der Waals surface area (Å²) in [4.78, 5) is 26.3. The third-order valence-corrected chi connectivity index (χ3v) is 3.87. The van der Waals surface area contributed by atoms with Crippen molar-refractivity contribution in [3.8, 4) is 22.9 Å². The molecule has 2 aromatic rings. The second-order valence-corrected chi connectivity index (χ2v) is 5.58. The van der Waals surface area contributed by atoms with Gasteiger partial charge in [0.05, 0.1) is 6.07 Å². The Balaban J connectivity index is 2.76. The molecule has 0 atom stereocenters. The van der Waals surface area contributed by atoms with Crippen LogP contribution in [0.5, 0.6) is 5.75 Å². The number of aliphatic carboxylic acids is 1. The lowest BCUT2D eigenvalue weighted by atomic mass is 9.61. The number of hydrogen-bond acceptors (Lipinski definition) is 5. The molecular formula is C15H5B6N3O4. The van der Waals surface area contributed by atoms with E-state index in [1.807, 2.05) is 5.32 Å². The molecule has 1 heterocycles. The fourth-order valence-corrected chi connectivity index (χ4v) is 2.49. The summed E-state index contributed by atoms with van der Waals surface area (Å²) >= 11 is 0. The summed E-state index contributed by atoms with van der Waals surface area (Å²) in [7, 11) is 35.2. The zero-order valence-electron chi connectivity index (χ0n) is 14.3. The van der Waals surface area contributed by atoms with E-state index in [0.717, 1.165) is 0 Å². The number of amides is 1. The van der Waals surface area contributed by atoms with E-state index in [9.17, 15) is 20.0 Å². The first-order valence-corrected chi connectivity index (χ1v) is 7.47. The lowest BCUT2D eigenvalue weighted by Gasteiger charge is -2.23. The normalized spacial score (nSPS) is 10.2. The van der Waals surface area contributed by atoms with Crippen LogP contribution in [0.25, 0.3) is 11.1 Å². The second-order valence-electron chi connectivity index (χ2n) is 5.58. The number of nitrogens with zero attached hydrogens (tertiary/aromatic N) is 2. The van der Waals surface area contributed by atoms with Crippen LogP contribution in [0, 0.1) is 11.3 Å². The van der Waals surface area contributed by atoms with Gasteiger partial charge in [-0.25, -0.2) is 0 Å². The predicted molar refractivity (Wildman–Crippen MR) is 108 cm³/mol. The molecule has 0 spiro atoms. The van der Waals surface area contributed by atoms with E-state index < -0.39 is 35.3 Å². The Morgan fingerprint density at radius 2 is 1.57 bits per heavy atom. The molecule has 1 aromatic heterocycles. The lowest BCUT2D eigenvalue weighted by molar-refractivity contribution is -0.135. The van der Waals surface area contributed by atoms with E-state index in [1.54, 1.807) is 6.07 Å². The number of aromatic nitrogens is 1. The van der Waals surface area contributed by atoms with Crippen LogP contribution < -0.4 is 38.2 Å². The van der Waals surface area contributed by atoms with Gasteiger partial charge in [0.2, 0.25) is 0 Å². The van der Waals surface area contributed by atoms with E-state index in [0.29, 0.717) is 0 Å². The quantitative estimate of drug-likeness (QED) is 0.469. The topological polar surface area (TPSA) is 123 Å². The number of carboxylic acid groups (broad SMARTS) is 1. The zero-order chi connectivity index (χ0) is 21.3. The molecule has 0 saturated heterocycles. The standard InChI is InChI=1S/C15H5B6N3O4/c16-7-3(1-22)8(17)11(20)9(18)5(7)6-10(19)13(27)12(24-14(6)21)15(28)23-2-4(25)26/h27H,2H2,(H,23,28)(H,25,26). The Hall–Kier alpha value is -3.01. The first kappa shape index (κ1) is 21.3. The van der Waals surface area contributed by atoms with Crippen LogP contribution in [0.2, 0.25) is 0 Å². The molecule has 7 nitrogen and oxygen atoms in total. The van der Waals surface area contributed by atoms with Gasteiger partial charge in [0.25, 0.3) is 5.91 Å². The maximum Gasteiger partial charge on any atom is 0.322 e. The van der Waals surface area contributed by atoms with Gasteiger partial charge < -0.3 is 15.5 Å². The van der Waals surface area contributed by atoms with Crippen molar-refractivity contribution in [1.82, 2.24) is 10.3 Å². The maximum absolute atomic E-state index is 12.0. The monoisotopic (exact) mass is 357 g/mol. The Labute approximate surface area is 168 Å².